The van der Waals surface area contributed by atoms with Crippen LogP contribution >= 0.6 is 11.3 Å². The summed E-state index contributed by atoms with van der Waals surface area (Å²) < 4.78 is 21.3. The molecule has 10 heteroatoms. The van der Waals surface area contributed by atoms with Gasteiger partial charge in [0.2, 0.25) is 0 Å². The van der Waals surface area contributed by atoms with Gasteiger partial charge in [-0.05, 0) is 55.9 Å². The van der Waals surface area contributed by atoms with Crippen molar-refractivity contribution >= 4 is 34.3 Å². The molecule has 3 aliphatic carbocycles. The van der Waals surface area contributed by atoms with Gasteiger partial charge in [-0.15, -0.1) is 11.3 Å². The number of thiophene rings is 1. The fourth-order valence-corrected chi connectivity index (χ4v) is 6.36. The summed E-state index contributed by atoms with van der Waals surface area (Å²) in [5.41, 5.74) is 2.08. The van der Waals surface area contributed by atoms with Crippen LogP contribution in [-0.2, 0) is 9.53 Å². The van der Waals surface area contributed by atoms with Gasteiger partial charge >= 0.3 is 5.97 Å². The lowest BCUT2D eigenvalue weighted by atomic mass is 9.61. The van der Waals surface area contributed by atoms with E-state index in [9.17, 15) is 4.79 Å². The minimum atomic E-state index is -0.522. The number of hydrogen-bond acceptors (Lipinski definition) is 8. The van der Waals surface area contributed by atoms with Gasteiger partial charge in [0.1, 0.15) is 11.2 Å². The summed E-state index contributed by atoms with van der Waals surface area (Å²) in [5.74, 6) is -0.103. The molecular formula is C25H25FN6O2S. The fourth-order valence-electron chi connectivity index (χ4n) is 5.65. The van der Waals surface area contributed by atoms with Crippen LogP contribution in [0.2, 0.25) is 0 Å². The molecule has 3 aliphatic rings. The molecule has 0 unspecified atom stereocenters. The van der Waals surface area contributed by atoms with Crippen LogP contribution in [0.5, 0.6) is 0 Å². The van der Waals surface area contributed by atoms with Gasteiger partial charge in [-0.3, -0.25) is 9.78 Å². The number of H-pyrrole nitrogens is 1. The second-order valence-electron chi connectivity index (χ2n) is 9.11. The number of fused-ring (bicyclic) bond motifs is 4. The topological polar surface area (TPSA) is 106 Å². The normalized spacial score (nSPS) is 23.5. The number of nitrogens with zero attached hydrogens (tertiary/aromatic N) is 4. The average molecular weight is 493 g/mol. The monoisotopic (exact) mass is 492 g/mol. The first kappa shape index (κ1) is 22.1. The van der Waals surface area contributed by atoms with Gasteiger partial charge in [0.05, 0.1) is 23.0 Å². The van der Waals surface area contributed by atoms with E-state index in [0.717, 1.165) is 25.7 Å². The third-order valence-electron chi connectivity index (χ3n) is 7.23. The Labute approximate surface area is 205 Å². The molecule has 3 fully saturated rings. The number of rotatable bonds is 6. The first-order valence-corrected chi connectivity index (χ1v) is 12.8. The van der Waals surface area contributed by atoms with Crippen LogP contribution in [0.3, 0.4) is 0 Å². The summed E-state index contributed by atoms with van der Waals surface area (Å²) in [6.07, 6.45) is 8.96. The van der Waals surface area contributed by atoms with Gasteiger partial charge in [0.15, 0.2) is 23.1 Å². The molecule has 2 N–H and O–H groups in total. The number of esters is 1. The summed E-state index contributed by atoms with van der Waals surface area (Å²) >= 11 is 1.41. The number of aromatic amines is 1. The lowest BCUT2D eigenvalue weighted by Gasteiger charge is -2.47. The molecule has 0 saturated heterocycles. The van der Waals surface area contributed by atoms with Crippen molar-refractivity contribution in [2.45, 2.75) is 38.6 Å². The first-order valence-electron chi connectivity index (χ1n) is 12.0. The third kappa shape index (κ3) is 3.85. The van der Waals surface area contributed by atoms with E-state index in [0.29, 0.717) is 34.0 Å². The molecule has 0 spiro atoms. The summed E-state index contributed by atoms with van der Waals surface area (Å²) in [5, 5.41) is 5.24. The number of halogens is 1. The minimum Gasteiger partial charge on any atom is -0.466 e. The Bertz CT molecular complexity index is 1370. The zero-order valence-electron chi connectivity index (χ0n) is 19.2. The lowest BCUT2D eigenvalue weighted by molar-refractivity contribution is -0.154. The highest BCUT2D eigenvalue weighted by Gasteiger charge is 2.48. The summed E-state index contributed by atoms with van der Waals surface area (Å²) in [6.45, 7) is 2.14. The predicted octanol–water partition coefficient (Wildman–Crippen LogP) is 5.06. The summed E-state index contributed by atoms with van der Waals surface area (Å²) in [4.78, 5) is 34.6. The van der Waals surface area contributed by atoms with Crippen molar-refractivity contribution in [2.75, 3.05) is 11.9 Å². The Balaban J connectivity index is 1.45. The van der Waals surface area contributed by atoms with Gasteiger partial charge in [0.25, 0.3) is 0 Å². The van der Waals surface area contributed by atoms with Crippen molar-refractivity contribution in [1.29, 1.82) is 0 Å². The second kappa shape index (κ2) is 8.99. The number of nitrogens with one attached hydrogen (secondary N) is 2. The summed E-state index contributed by atoms with van der Waals surface area (Å²) in [7, 11) is 0. The van der Waals surface area contributed by atoms with Crippen LogP contribution in [0.15, 0.2) is 36.1 Å². The van der Waals surface area contributed by atoms with Crippen LogP contribution in [0.4, 0.5) is 10.2 Å². The maximum atomic E-state index is 15.9. The van der Waals surface area contributed by atoms with Crippen molar-refractivity contribution in [3.8, 4) is 22.0 Å². The summed E-state index contributed by atoms with van der Waals surface area (Å²) in [6, 6.07) is 3.46. The molecule has 0 aliphatic heterocycles. The standard InChI is InChI=1S/C25H25FN6O2S/c1-2-34-25(33)17-13-5-7-14(8-6-13)19(17)30-23-18(26)21(16-4-3-11-35-16)31-22(32-23)15-12-29-24-20(15)27-9-10-28-24/h3-4,9-14,17,19H,2,5-8H2,1H3,(H,28,29)(H,30,31,32)/t13?,14?,17-,19-/m0/s1. The first-order chi connectivity index (χ1) is 17.1. The second-order valence-corrected chi connectivity index (χ2v) is 10.1. The number of aromatic nitrogens is 5. The SMILES string of the molecule is CCOC(=O)[C@H]1C2CCC(CC2)[C@@H]1Nc1nc(-c2c[nH]c3nccnc23)nc(-c2cccs2)c1F. The Hall–Kier alpha value is -3.40. The van der Waals surface area contributed by atoms with Crippen molar-refractivity contribution in [2.24, 2.45) is 17.8 Å². The molecule has 4 aromatic heterocycles. The van der Waals surface area contributed by atoms with Crippen molar-refractivity contribution < 1.29 is 13.9 Å². The molecule has 0 aromatic carbocycles. The number of anilines is 1. The Morgan fingerprint density at radius 2 is 2.00 bits per heavy atom. The molecule has 180 valence electrons. The van der Waals surface area contributed by atoms with Crippen LogP contribution < -0.4 is 5.32 Å². The molecule has 0 radical (unpaired) electrons. The zero-order chi connectivity index (χ0) is 23.9. The van der Waals surface area contributed by atoms with E-state index in [1.807, 2.05) is 24.4 Å². The highest BCUT2D eigenvalue weighted by molar-refractivity contribution is 7.13. The molecule has 8 nitrogen and oxygen atoms in total. The fraction of sp³-hybridized carbons (Fsp3) is 0.400. The molecule has 35 heavy (non-hydrogen) atoms. The minimum absolute atomic E-state index is 0.100. The Morgan fingerprint density at radius 3 is 2.77 bits per heavy atom. The zero-order valence-corrected chi connectivity index (χ0v) is 20.0. The molecule has 7 rings (SSSR count). The number of carbonyl (C=O) groups is 1. The molecule has 2 bridgehead atoms. The third-order valence-corrected chi connectivity index (χ3v) is 8.11. The van der Waals surface area contributed by atoms with Crippen LogP contribution in [-0.4, -0.2) is 43.5 Å². The van der Waals surface area contributed by atoms with E-state index in [1.165, 1.54) is 11.3 Å². The van der Waals surface area contributed by atoms with Crippen molar-refractivity contribution in [3.05, 3.63) is 41.9 Å². The maximum absolute atomic E-state index is 15.9. The Kier molecular flexibility index (Phi) is 5.68. The van der Waals surface area contributed by atoms with E-state index in [-0.39, 0.29) is 41.3 Å². The number of carbonyl (C=O) groups excluding carboxylic acids is 1. The van der Waals surface area contributed by atoms with Gasteiger partial charge in [-0.25, -0.2) is 19.3 Å². The largest absolute Gasteiger partial charge is 0.466 e. The quantitative estimate of drug-likeness (QED) is 0.362. The number of ether oxygens (including phenoxy) is 1. The van der Waals surface area contributed by atoms with Crippen LogP contribution in [0.1, 0.15) is 32.6 Å². The molecule has 3 saturated carbocycles. The van der Waals surface area contributed by atoms with Crippen molar-refractivity contribution in [1.82, 2.24) is 24.9 Å². The highest BCUT2D eigenvalue weighted by Crippen LogP contribution is 2.47. The van der Waals surface area contributed by atoms with E-state index in [4.69, 9.17) is 4.74 Å². The Morgan fingerprint density at radius 1 is 1.20 bits per heavy atom. The highest BCUT2D eigenvalue weighted by atomic mass is 32.1. The number of hydrogen-bond donors (Lipinski definition) is 2. The van der Waals surface area contributed by atoms with E-state index in [2.05, 4.69) is 30.2 Å². The average Bonchev–Trinajstić information content (AvgIpc) is 3.56. The smallest absolute Gasteiger partial charge is 0.311 e. The maximum Gasteiger partial charge on any atom is 0.311 e. The van der Waals surface area contributed by atoms with Crippen LogP contribution in [0.25, 0.3) is 33.1 Å². The molecule has 0 amide bonds. The molecule has 4 aromatic rings. The van der Waals surface area contributed by atoms with Gasteiger partial charge in [-0.1, -0.05) is 6.07 Å². The molecule has 2 atom stereocenters. The molecule has 4 heterocycles. The van der Waals surface area contributed by atoms with E-state index < -0.39 is 5.82 Å². The predicted molar refractivity (Wildman–Crippen MR) is 131 cm³/mol. The van der Waals surface area contributed by atoms with E-state index >= 15 is 4.39 Å². The van der Waals surface area contributed by atoms with Gasteiger partial charge in [-0.2, -0.15) is 0 Å². The lowest BCUT2D eigenvalue weighted by Crippen LogP contribution is -2.52. The van der Waals surface area contributed by atoms with E-state index in [1.54, 1.807) is 18.6 Å². The van der Waals surface area contributed by atoms with Crippen molar-refractivity contribution in [3.63, 3.8) is 0 Å². The molecular weight excluding hydrogens is 467 g/mol. The van der Waals surface area contributed by atoms with Gasteiger partial charge in [0, 0.05) is 24.6 Å². The van der Waals surface area contributed by atoms with Gasteiger partial charge < -0.3 is 15.0 Å². The van der Waals surface area contributed by atoms with Crippen LogP contribution in [0, 0.1) is 23.6 Å².